The van der Waals surface area contributed by atoms with Crippen molar-refractivity contribution in [3.63, 3.8) is 0 Å². The van der Waals surface area contributed by atoms with E-state index in [0.29, 0.717) is 24.0 Å². The van der Waals surface area contributed by atoms with Gasteiger partial charge in [-0.2, -0.15) is 5.26 Å². The van der Waals surface area contributed by atoms with E-state index in [2.05, 4.69) is 17.6 Å². The zero-order valence-electron chi connectivity index (χ0n) is 19.3. The highest BCUT2D eigenvalue weighted by molar-refractivity contribution is 5.80. The van der Waals surface area contributed by atoms with E-state index >= 15 is 0 Å². The SMILES string of the molecule is CC1(n2c(CCCCC(=O)C[C@@](C)(O)c3cccc(F)c3)nc3ccc(C#N)cc32)CCC1. The Bertz CT molecular complexity index is 1220. The number of rotatable bonds is 9. The molecule has 1 atom stereocenters. The Balaban J connectivity index is 1.40. The molecule has 0 bridgehead atoms. The second kappa shape index (κ2) is 9.07. The molecule has 1 fully saturated rings. The summed E-state index contributed by atoms with van der Waals surface area (Å²) in [6.07, 6.45) is 5.95. The lowest BCUT2D eigenvalue weighted by atomic mass is 9.78. The number of aromatic nitrogens is 2. The highest BCUT2D eigenvalue weighted by Crippen LogP contribution is 2.42. The highest BCUT2D eigenvalue weighted by Gasteiger charge is 2.36. The molecule has 1 N–H and O–H groups in total. The van der Waals surface area contributed by atoms with Gasteiger partial charge in [0.1, 0.15) is 17.4 Å². The molecule has 1 aromatic heterocycles. The van der Waals surface area contributed by atoms with Gasteiger partial charge in [0.2, 0.25) is 0 Å². The van der Waals surface area contributed by atoms with Crippen LogP contribution in [0.5, 0.6) is 0 Å². The van der Waals surface area contributed by atoms with Crippen molar-refractivity contribution < 1.29 is 14.3 Å². The number of imidazole rings is 1. The van der Waals surface area contributed by atoms with Crippen LogP contribution in [0.1, 0.15) is 75.7 Å². The monoisotopic (exact) mass is 447 g/mol. The van der Waals surface area contributed by atoms with Crippen LogP contribution in [-0.2, 0) is 22.4 Å². The van der Waals surface area contributed by atoms with E-state index in [4.69, 9.17) is 4.98 Å². The normalized spacial score (nSPS) is 16.7. The van der Waals surface area contributed by atoms with Crippen molar-refractivity contribution in [2.75, 3.05) is 0 Å². The summed E-state index contributed by atoms with van der Waals surface area (Å²) in [6.45, 7) is 3.80. The van der Waals surface area contributed by atoms with Crippen molar-refractivity contribution >= 4 is 16.8 Å². The van der Waals surface area contributed by atoms with Gasteiger partial charge in [-0.05, 0) is 81.8 Å². The number of hydrogen-bond donors (Lipinski definition) is 1. The topological polar surface area (TPSA) is 78.9 Å². The summed E-state index contributed by atoms with van der Waals surface area (Å²) in [7, 11) is 0. The molecule has 172 valence electrons. The van der Waals surface area contributed by atoms with E-state index in [0.717, 1.165) is 42.5 Å². The Hall–Kier alpha value is -3.04. The number of fused-ring (bicyclic) bond motifs is 1. The van der Waals surface area contributed by atoms with Gasteiger partial charge in [0.05, 0.1) is 28.3 Å². The zero-order chi connectivity index (χ0) is 23.6. The van der Waals surface area contributed by atoms with E-state index in [-0.39, 0.29) is 17.7 Å². The smallest absolute Gasteiger partial charge is 0.136 e. The lowest BCUT2D eigenvalue weighted by molar-refractivity contribution is -0.123. The lowest BCUT2D eigenvalue weighted by Crippen LogP contribution is -2.38. The number of halogens is 1. The lowest BCUT2D eigenvalue weighted by Gasteiger charge is -2.41. The van der Waals surface area contributed by atoms with Crippen LogP contribution in [0, 0.1) is 17.1 Å². The molecule has 1 heterocycles. The summed E-state index contributed by atoms with van der Waals surface area (Å²) in [6, 6.07) is 13.6. The third kappa shape index (κ3) is 4.84. The number of nitrogens with zero attached hydrogens (tertiary/aromatic N) is 3. The molecule has 0 amide bonds. The van der Waals surface area contributed by atoms with Gasteiger partial charge in [0.25, 0.3) is 0 Å². The summed E-state index contributed by atoms with van der Waals surface area (Å²) in [5.74, 6) is 0.536. The van der Waals surface area contributed by atoms with Crippen molar-refractivity contribution in [3.05, 3.63) is 65.2 Å². The molecule has 0 unspecified atom stereocenters. The van der Waals surface area contributed by atoms with E-state index in [1.54, 1.807) is 19.1 Å². The number of nitriles is 1. The minimum Gasteiger partial charge on any atom is -0.385 e. The molecule has 6 heteroatoms. The first kappa shape index (κ1) is 23.1. The van der Waals surface area contributed by atoms with E-state index in [1.807, 2.05) is 12.1 Å². The largest absolute Gasteiger partial charge is 0.385 e. The molecule has 0 spiro atoms. The van der Waals surface area contributed by atoms with Gasteiger partial charge < -0.3 is 9.67 Å². The zero-order valence-corrected chi connectivity index (χ0v) is 19.3. The molecule has 4 rings (SSSR count). The maximum atomic E-state index is 13.5. The number of aryl methyl sites for hydroxylation is 1. The summed E-state index contributed by atoms with van der Waals surface area (Å²) >= 11 is 0. The molecule has 1 saturated carbocycles. The first-order valence-electron chi connectivity index (χ1n) is 11.6. The minimum absolute atomic E-state index is 0.0254. The van der Waals surface area contributed by atoms with Crippen molar-refractivity contribution in [1.29, 1.82) is 5.26 Å². The summed E-state index contributed by atoms with van der Waals surface area (Å²) in [5, 5.41) is 20.0. The van der Waals surface area contributed by atoms with Crippen LogP contribution in [0.2, 0.25) is 0 Å². The Morgan fingerprint density at radius 2 is 2.06 bits per heavy atom. The van der Waals surface area contributed by atoms with E-state index < -0.39 is 11.4 Å². The fourth-order valence-corrected chi connectivity index (χ4v) is 4.88. The third-order valence-corrected chi connectivity index (χ3v) is 6.92. The third-order valence-electron chi connectivity index (χ3n) is 6.92. The van der Waals surface area contributed by atoms with Gasteiger partial charge in [-0.1, -0.05) is 12.1 Å². The first-order chi connectivity index (χ1) is 15.7. The van der Waals surface area contributed by atoms with Crippen molar-refractivity contribution in [2.24, 2.45) is 0 Å². The molecule has 0 saturated heterocycles. The first-order valence-corrected chi connectivity index (χ1v) is 11.6. The predicted octanol–water partition coefficient (Wildman–Crippen LogP) is 5.53. The number of aliphatic hydroxyl groups is 1. The Labute approximate surface area is 193 Å². The Morgan fingerprint density at radius 1 is 1.27 bits per heavy atom. The van der Waals surface area contributed by atoms with Crippen LogP contribution in [0.15, 0.2) is 42.5 Å². The number of hydrogen-bond acceptors (Lipinski definition) is 4. The van der Waals surface area contributed by atoms with Crippen LogP contribution >= 0.6 is 0 Å². The predicted molar refractivity (Wildman–Crippen MR) is 125 cm³/mol. The second-order valence-electron chi connectivity index (χ2n) is 9.74. The summed E-state index contributed by atoms with van der Waals surface area (Å²) in [4.78, 5) is 17.4. The van der Waals surface area contributed by atoms with Crippen LogP contribution in [0.3, 0.4) is 0 Å². The quantitative estimate of drug-likeness (QED) is 0.438. The highest BCUT2D eigenvalue weighted by atomic mass is 19.1. The van der Waals surface area contributed by atoms with Crippen molar-refractivity contribution in [1.82, 2.24) is 9.55 Å². The minimum atomic E-state index is -1.38. The molecule has 1 aliphatic rings. The Kier molecular flexibility index (Phi) is 6.36. The molecule has 3 aromatic rings. The average Bonchev–Trinajstić information content (AvgIpc) is 3.12. The number of ketones is 1. The van der Waals surface area contributed by atoms with Gasteiger partial charge in [-0.25, -0.2) is 9.37 Å². The fourth-order valence-electron chi connectivity index (χ4n) is 4.88. The second-order valence-corrected chi connectivity index (χ2v) is 9.74. The number of unbranched alkanes of at least 4 members (excludes halogenated alkanes) is 1. The van der Waals surface area contributed by atoms with E-state index in [9.17, 15) is 19.6 Å². The number of Topliss-reactive ketones (excluding diaryl/α,β-unsaturated/α-hetero) is 1. The van der Waals surface area contributed by atoms with Crippen LogP contribution in [0.25, 0.3) is 11.0 Å². The molecule has 5 nitrogen and oxygen atoms in total. The molecular formula is C27H30FN3O2. The van der Waals surface area contributed by atoms with Crippen LogP contribution in [-0.4, -0.2) is 20.4 Å². The van der Waals surface area contributed by atoms with Crippen molar-refractivity contribution in [3.8, 4) is 6.07 Å². The standard InChI is InChI=1S/C27H30FN3O2/c1-26(13-6-14-26)31-24-15-19(18-29)11-12-23(24)30-25(31)10-4-3-9-22(32)17-27(2,33)20-7-5-8-21(28)16-20/h5,7-8,11-12,15-16,33H,3-4,6,9-10,13-14,17H2,1-2H3/t27-/m1/s1. The molecule has 0 aliphatic heterocycles. The molecule has 1 aliphatic carbocycles. The molecule has 2 aromatic carbocycles. The van der Waals surface area contributed by atoms with Gasteiger partial charge >= 0.3 is 0 Å². The molecular weight excluding hydrogens is 417 g/mol. The van der Waals surface area contributed by atoms with Gasteiger partial charge in [-0.15, -0.1) is 0 Å². The van der Waals surface area contributed by atoms with Crippen LogP contribution in [0.4, 0.5) is 4.39 Å². The van der Waals surface area contributed by atoms with Gasteiger partial charge in [0, 0.05) is 24.8 Å². The summed E-state index contributed by atoms with van der Waals surface area (Å²) < 4.78 is 15.8. The number of carbonyl (C=O) groups is 1. The average molecular weight is 448 g/mol. The van der Waals surface area contributed by atoms with E-state index in [1.165, 1.54) is 24.6 Å². The molecule has 0 radical (unpaired) electrons. The van der Waals surface area contributed by atoms with Gasteiger partial charge in [-0.3, -0.25) is 4.79 Å². The maximum absolute atomic E-state index is 13.5. The summed E-state index contributed by atoms with van der Waals surface area (Å²) in [5.41, 5.74) is 1.60. The fraction of sp³-hybridized carbons (Fsp3) is 0.444. The molecule has 33 heavy (non-hydrogen) atoms. The van der Waals surface area contributed by atoms with Crippen molar-refractivity contribution in [2.45, 2.75) is 76.4 Å². The van der Waals surface area contributed by atoms with Crippen LogP contribution < -0.4 is 0 Å². The van der Waals surface area contributed by atoms with Gasteiger partial charge in [0.15, 0.2) is 0 Å². The number of benzene rings is 2. The Morgan fingerprint density at radius 3 is 2.73 bits per heavy atom. The number of carbonyl (C=O) groups excluding carboxylic acids is 1. The maximum Gasteiger partial charge on any atom is 0.136 e.